The molecule has 0 saturated heterocycles. The summed E-state index contributed by atoms with van der Waals surface area (Å²) in [6, 6.07) is 0. The minimum Gasteiger partial charge on any atom is -0.370 e. The van der Waals surface area contributed by atoms with E-state index in [1.54, 1.807) is 0 Å². The van der Waals surface area contributed by atoms with Crippen LogP contribution < -0.4 is 16.4 Å². The first-order chi connectivity index (χ1) is 8.74. The van der Waals surface area contributed by atoms with Crippen LogP contribution in [-0.2, 0) is 0 Å². The molecule has 0 aliphatic carbocycles. The second kappa shape index (κ2) is 9.11. The quantitative estimate of drug-likeness (QED) is 0.456. The van der Waals surface area contributed by atoms with E-state index in [1.807, 2.05) is 0 Å². The van der Waals surface area contributed by atoms with Crippen molar-refractivity contribution in [3.8, 4) is 0 Å². The van der Waals surface area contributed by atoms with Gasteiger partial charge in [-0.15, -0.1) is 0 Å². The summed E-state index contributed by atoms with van der Waals surface area (Å²) < 4.78 is 0. The lowest BCUT2D eigenvalue weighted by atomic mass is 10.1. The summed E-state index contributed by atoms with van der Waals surface area (Å²) in [6.45, 7) is 8.07. The summed E-state index contributed by atoms with van der Waals surface area (Å²) in [5, 5.41) is 6.69. The molecule has 4 N–H and O–H groups in total. The number of hydrogen-bond acceptors (Lipinski definition) is 4. The van der Waals surface area contributed by atoms with Crippen LogP contribution in [0.5, 0.6) is 0 Å². The largest absolute Gasteiger partial charge is 0.370 e. The van der Waals surface area contributed by atoms with E-state index in [1.165, 1.54) is 37.0 Å². The number of hydrogen-bond donors (Lipinski definition) is 3. The summed E-state index contributed by atoms with van der Waals surface area (Å²) in [4.78, 5) is 4.70. The number of nitrogens with two attached hydrogens (primary N) is 1. The Hall–Kier alpha value is -0.870. The van der Waals surface area contributed by atoms with Gasteiger partial charge < -0.3 is 16.4 Å². The highest BCUT2D eigenvalue weighted by Crippen LogP contribution is 2.15. The molecule has 0 amide bonds. The molecule has 0 bridgehead atoms. The van der Waals surface area contributed by atoms with Crippen molar-refractivity contribution in [2.75, 3.05) is 26.2 Å². The molecule has 0 aromatic carbocycles. The summed E-state index contributed by atoms with van der Waals surface area (Å²) in [5.74, 6) is 1.11. The van der Waals surface area contributed by atoms with Gasteiger partial charge in [-0.25, -0.2) is 4.99 Å². The molecule has 1 rings (SSSR count). The highest BCUT2D eigenvalue weighted by atomic mass is 15.0. The molecular weight excluding hydrogens is 224 g/mol. The minimum absolute atomic E-state index is 0.722. The van der Waals surface area contributed by atoms with Crippen LogP contribution in [0.25, 0.3) is 0 Å². The molecular formula is C14H28N4. The first kappa shape index (κ1) is 15.2. The maximum Gasteiger partial charge on any atom is 0.124 e. The summed E-state index contributed by atoms with van der Waals surface area (Å²) in [7, 11) is 0. The van der Waals surface area contributed by atoms with Crippen molar-refractivity contribution in [3.63, 3.8) is 0 Å². The Balaban J connectivity index is 2.21. The van der Waals surface area contributed by atoms with Gasteiger partial charge in [-0.1, -0.05) is 0 Å². The summed E-state index contributed by atoms with van der Waals surface area (Å²) in [5.41, 5.74) is 8.04. The first-order valence-corrected chi connectivity index (χ1v) is 7.12. The van der Waals surface area contributed by atoms with Gasteiger partial charge in [0, 0.05) is 25.3 Å². The standard InChI is InChI=1S/C14H28N4/c1-12-6-5-10-17-14(12)18-13(2)7-3-4-9-16-11-8-15/h16-17H,3-11,15H2,1-2H3/b18-13+. The van der Waals surface area contributed by atoms with Crippen molar-refractivity contribution in [1.82, 2.24) is 10.6 Å². The van der Waals surface area contributed by atoms with Crippen LogP contribution in [0.2, 0.25) is 0 Å². The smallest absolute Gasteiger partial charge is 0.124 e. The predicted octanol–water partition coefficient (Wildman–Crippen LogP) is 1.78. The van der Waals surface area contributed by atoms with Gasteiger partial charge in [-0.2, -0.15) is 0 Å². The number of allylic oxidation sites excluding steroid dienone is 1. The molecule has 18 heavy (non-hydrogen) atoms. The maximum atomic E-state index is 5.41. The van der Waals surface area contributed by atoms with Crippen molar-refractivity contribution in [2.24, 2.45) is 10.7 Å². The fourth-order valence-electron chi connectivity index (χ4n) is 2.07. The number of unbranched alkanes of at least 4 members (excludes halogenated alkanes) is 1. The molecule has 0 aromatic heterocycles. The molecule has 1 aliphatic rings. The molecule has 0 fully saturated rings. The van der Waals surface area contributed by atoms with Crippen molar-refractivity contribution in [3.05, 3.63) is 11.4 Å². The third-order valence-corrected chi connectivity index (χ3v) is 3.19. The number of aliphatic imine (C=N–C) groups is 1. The zero-order valence-electron chi connectivity index (χ0n) is 11.9. The SMILES string of the molecule is CC1=C(/N=C(\C)CCCCNCCN)NCCC1. The van der Waals surface area contributed by atoms with E-state index < -0.39 is 0 Å². The van der Waals surface area contributed by atoms with Gasteiger partial charge in [0.15, 0.2) is 0 Å². The number of rotatable bonds is 8. The average Bonchev–Trinajstić information content (AvgIpc) is 2.36. The van der Waals surface area contributed by atoms with Gasteiger partial charge in [0.05, 0.1) is 0 Å². The molecule has 1 aliphatic heterocycles. The van der Waals surface area contributed by atoms with E-state index in [-0.39, 0.29) is 0 Å². The monoisotopic (exact) mass is 252 g/mol. The molecule has 0 spiro atoms. The topological polar surface area (TPSA) is 62.4 Å². The summed E-state index contributed by atoms with van der Waals surface area (Å²) in [6.07, 6.45) is 5.89. The van der Waals surface area contributed by atoms with Crippen LogP contribution in [0.3, 0.4) is 0 Å². The number of nitrogens with one attached hydrogen (secondary N) is 2. The molecule has 0 aromatic rings. The third kappa shape index (κ3) is 6.17. The van der Waals surface area contributed by atoms with Crippen molar-refractivity contribution < 1.29 is 0 Å². The van der Waals surface area contributed by atoms with Gasteiger partial charge >= 0.3 is 0 Å². The molecule has 1 heterocycles. The Bertz CT molecular complexity index is 294. The Labute approximate surface area is 111 Å². The highest BCUT2D eigenvalue weighted by molar-refractivity contribution is 5.82. The lowest BCUT2D eigenvalue weighted by Crippen LogP contribution is -2.23. The van der Waals surface area contributed by atoms with Gasteiger partial charge in [0.25, 0.3) is 0 Å². The Morgan fingerprint density at radius 3 is 2.94 bits per heavy atom. The second-order valence-corrected chi connectivity index (χ2v) is 5.00. The minimum atomic E-state index is 0.722. The lowest BCUT2D eigenvalue weighted by Gasteiger charge is -2.17. The Morgan fingerprint density at radius 1 is 1.39 bits per heavy atom. The van der Waals surface area contributed by atoms with Crippen LogP contribution in [0.1, 0.15) is 46.0 Å². The van der Waals surface area contributed by atoms with Crippen molar-refractivity contribution in [1.29, 1.82) is 0 Å². The van der Waals surface area contributed by atoms with Crippen molar-refractivity contribution in [2.45, 2.75) is 46.0 Å². The predicted molar refractivity (Wildman–Crippen MR) is 78.8 cm³/mol. The van der Waals surface area contributed by atoms with Crippen LogP contribution in [0.4, 0.5) is 0 Å². The van der Waals surface area contributed by atoms with Crippen molar-refractivity contribution >= 4 is 5.71 Å². The molecule has 4 nitrogen and oxygen atoms in total. The number of nitrogens with zero attached hydrogens (tertiary/aromatic N) is 1. The first-order valence-electron chi connectivity index (χ1n) is 7.12. The zero-order chi connectivity index (χ0) is 13.2. The zero-order valence-corrected chi connectivity index (χ0v) is 11.9. The van der Waals surface area contributed by atoms with Gasteiger partial charge in [0.1, 0.15) is 5.82 Å². The molecule has 0 unspecified atom stereocenters. The lowest BCUT2D eigenvalue weighted by molar-refractivity contribution is 0.633. The van der Waals surface area contributed by atoms with Crippen LogP contribution in [0, 0.1) is 0 Å². The van der Waals surface area contributed by atoms with E-state index in [0.29, 0.717) is 0 Å². The molecule has 0 saturated carbocycles. The molecule has 104 valence electrons. The molecule has 0 atom stereocenters. The van der Waals surface area contributed by atoms with E-state index in [0.717, 1.165) is 38.4 Å². The van der Waals surface area contributed by atoms with E-state index in [4.69, 9.17) is 10.7 Å². The fourth-order valence-corrected chi connectivity index (χ4v) is 2.07. The van der Waals surface area contributed by atoms with Crippen LogP contribution >= 0.6 is 0 Å². The third-order valence-electron chi connectivity index (χ3n) is 3.19. The van der Waals surface area contributed by atoms with Gasteiger partial charge in [0.2, 0.25) is 0 Å². The van der Waals surface area contributed by atoms with E-state index in [2.05, 4.69) is 24.5 Å². The van der Waals surface area contributed by atoms with Crippen LogP contribution in [-0.4, -0.2) is 31.9 Å². The Morgan fingerprint density at radius 2 is 2.22 bits per heavy atom. The fraction of sp³-hybridized carbons (Fsp3) is 0.786. The average molecular weight is 252 g/mol. The maximum absolute atomic E-state index is 5.41. The van der Waals surface area contributed by atoms with E-state index >= 15 is 0 Å². The normalized spacial score (nSPS) is 16.9. The van der Waals surface area contributed by atoms with Crippen LogP contribution in [0.15, 0.2) is 16.4 Å². The molecule has 4 heteroatoms. The van der Waals surface area contributed by atoms with E-state index in [9.17, 15) is 0 Å². The van der Waals surface area contributed by atoms with Gasteiger partial charge in [-0.05, 0) is 58.1 Å². The molecule has 0 radical (unpaired) electrons. The van der Waals surface area contributed by atoms with Gasteiger partial charge in [-0.3, -0.25) is 0 Å². The highest BCUT2D eigenvalue weighted by Gasteiger charge is 2.07. The Kier molecular flexibility index (Phi) is 7.69. The second-order valence-electron chi connectivity index (χ2n) is 5.00. The summed E-state index contributed by atoms with van der Waals surface area (Å²) >= 11 is 0.